The van der Waals surface area contributed by atoms with Crippen LogP contribution in [0.1, 0.15) is 26.3 Å². The topological polar surface area (TPSA) is 58.6 Å². The zero-order valence-electron chi connectivity index (χ0n) is 13.1. The molecule has 0 saturated heterocycles. The third-order valence-corrected chi connectivity index (χ3v) is 3.00. The maximum absolute atomic E-state index is 11.5. The van der Waals surface area contributed by atoms with Gasteiger partial charge in [-0.15, -0.1) is 0 Å². The monoisotopic (exact) mass is 299 g/mol. The summed E-state index contributed by atoms with van der Waals surface area (Å²) in [6.07, 6.45) is 3.33. The molecule has 0 saturated carbocycles. The SMILES string of the molecule is CC(C)(C)OC(=O)NCC=Cc1ccc(O)c2ccccc12. The van der Waals surface area contributed by atoms with Gasteiger partial charge in [-0.1, -0.05) is 42.5 Å². The van der Waals surface area contributed by atoms with E-state index in [0.29, 0.717) is 6.54 Å². The average molecular weight is 299 g/mol. The molecule has 0 heterocycles. The number of nitrogens with one attached hydrogen (secondary N) is 1. The van der Waals surface area contributed by atoms with Gasteiger partial charge in [0.05, 0.1) is 0 Å². The summed E-state index contributed by atoms with van der Waals surface area (Å²) in [5.74, 6) is 0.264. The fraction of sp³-hybridized carbons (Fsp3) is 0.278. The number of ether oxygens (including phenoxy) is 1. The fourth-order valence-electron chi connectivity index (χ4n) is 2.09. The molecule has 4 nitrogen and oxygen atoms in total. The standard InChI is InChI=1S/C18H21NO3/c1-18(2,3)22-17(21)19-12-6-7-13-10-11-16(20)15-9-5-4-8-14(13)15/h4-11,20H,12H2,1-3H3,(H,19,21). The molecule has 2 N–H and O–H groups in total. The normalized spacial score (nSPS) is 11.8. The van der Waals surface area contributed by atoms with Gasteiger partial charge in [-0.3, -0.25) is 0 Å². The number of alkyl carbamates (subject to hydrolysis) is 1. The van der Waals surface area contributed by atoms with Crippen molar-refractivity contribution in [2.45, 2.75) is 26.4 Å². The number of phenolic OH excluding ortho intramolecular Hbond substituents is 1. The summed E-state index contributed by atoms with van der Waals surface area (Å²) >= 11 is 0. The van der Waals surface area contributed by atoms with Crippen molar-refractivity contribution in [2.75, 3.05) is 6.54 Å². The Morgan fingerprint density at radius 3 is 2.55 bits per heavy atom. The Hall–Kier alpha value is -2.49. The second kappa shape index (κ2) is 6.52. The molecule has 0 bridgehead atoms. The quantitative estimate of drug-likeness (QED) is 0.897. The second-order valence-electron chi connectivity index (χ2n) is 6.00. The second-order valence-corrected chi connectivity index (χ2v) is 6.00. The maximum Gasteiger partial charge on any atom is 0.407 e. The van der Waals surface area contributed by atoms with Crippen molar-refractivity contribution in [3.05, 3.63) is 48.0 Å². The van der Waals surface area contributed by atoms with Gasteiger partial charge in [0.25, 0.3) is 0 Å². The summed E-state index contributed by atoms with van der Waals surface area (Å²) in [5, 5.41) is 14.3. The molecule has 4 heteroatoms. The molecule has 22 heavy (non-hydrogen) atoms. The Bertz CT molecular complexity index is 699. The molecule has 2 aromatic carbocycles. The van der Waals surface area contributed by atoms with Gasteiger partial charge in [-0.05, 0) is 37.8 Å². The Kier molecular flexibility index (Phi) is 4.71. The molecule has 2 aromatic rings. The number of phenols is 1. The minimum atomic E-state index is -0.499. The molecule has 2 rings (SSSR count). The van der Waals surface area contributed by atoms with E-state index in [1.54, 1.807) is 6.07 Å². The molecule has 0 atom stereocenters. The zero-order valence-corrected chi connectivity index (χ0v) is 13.1. The van der Waals surface area contributed by atoms with Crippen LogP contribution in [0.15, 0.2) is 42.5 Å². The molecular formula is C18H21NO3. The van der Waals surface area contributed by atoms with Gasteiger partial charge in [0.1, 0.15) is 11.4 Å². The Morgan fingerprint density at radius 1 is 1.18 bits per heavy atom. The molecule has 0 spiro atoms. The number of fused-ring (bicyclic) bond motifs is 1. The third kappa shape index (κ3) is 4.25. The zero-order chi connectivity index (χ0) is 16.2. The molecule has 0 fully saturated rings. The minimum absolute atomic E-state index is 0.264. The van der Waals surface area contributed by atoms with Gasteiger partial charge >= 0.3 is 6.09 Å². The van der Waals surface area contributed by atoms with E-state index in [9.17, 15) is 9.90 Å². The van der Waals surface area contributed by atoms with Crippen LogP contribution in [0.4, 0.5) is 4.79 Å². The molecule has 1 amide bonds. The Balaban J connectivity index is 2.03. The number of aromatic hydroxyl groups is 1. The number of benzene rings is 2. The number of rotatable bonds is 3. The van der Waals surface area contributed by atoms with Crippen molar-refractivity contribution in [3.8, 4) is 5.75 Å². The lowest BCUT2D eigenvalue weighted by Gasteiger charge is -2.19. The van der Waals surface area contributed by atoms with Gasteiger partial charge in [0.15, 0.2) is 0 Å². The van der Waals surface area contributed by atoms with Crippen molar-refractivity contribution in [2.24, 2.45) is 0 Å². The summed E-state index contributed by atoms with van der Waals surface area (Å²) < 4.78 is 5.16. The van der Waals surface area contributed by atoms with Gasteiger partial charge in [-0.2, -0.15) is 0 Å². The van der Waals surface area contributed by atoms with Crippen LogP contribution in [-0.2, 0) is 4.74 Å². The van der Waals surface area contributed by atoms with E-state index >= 15 is 0 Å². The van der Waals surface area contributed by atoms with Gasteiger partial charge in [-0.25, -0.2) is 4.79 Å². The van der Waals surface area contributed by atoms with Crippen LogP contribution in [0.5, 0.6) is 5.75 Å². The van der Waals surface area contributed by atoms with Crippen molar-refractivity contribution >= 4 is 22.9 Å². The van der Waals surface area contributed by atoms with Crippen LogP contribution in [0.3, 0.4) is 0 Å². The number of carbonyl (C=O) groups excluding carboxylic acids is 1. The first kappa shape index (κ1) is 15.9. The lowest BCUT2D eigenvalue weighted by Crippen LogP contribution is -2.32. The first-order chi connectivity index (χ1) is 10.4. The molecule has 0 aliphatic rings. The summed E-state index contributed by atoms with van der Waals surface area (Å²) in [6.45, 7) is 5.85. The number of hydrogen-bond donors (Lipinski definition) is 2. The summed E-state index contributed by atoms with van der Waals surface area (Å²) in [5.41, 5.74) is 0.486. The van der Waals surface area contributed by atoms with Gasteiger partial charge in [0.2, 0.25) is 0 Å². The lowest BCUT2D eigenvalue weighted by molar-refractivity contribution is 0.0534. The van der Waals surface area contributed by atoms with E-state index in [2.05, 4.69) is 5.32 Å². The Morgan fingerprint density at radius 2 is 1.86 bits per heavy atom. The summed E-state index contributed by atoms with van der Waals surface area (Å²) in [7, 11) is 0. The largest absolute Gasteiger partial charge is 0.507 e. The van der Waals surface area contributed by atoms with Crippen LogP contribution in [0, 0.1) is 0 Å². The first-order valence-electron chi connectivity index (χ1n) is 7.21. The Labute approximate surface area is 130 Å². The predicted molar refractivity (Wildman–Crippen MR) is 88.9 cm³/mol. The van der Waals surface area contributed by atoms with Gasteiger partial charge in [0, 0.05) is 11.9 Å². The third-order valence-electron chi connectivity index (χ3n) is 3.00. The number of amides is 1. The van der Waals surface area contributed by atoms with Crippen LogP contribution in [0.25, 0.3) is 16.8 Å². The van der Waals surface area contributed by atoms with Crippen LogP contribution < -0.4 is 5.32 Å². The molecule has 0 aromatic heterocycles. The number of hydrogen-bond acceptors (Lipinski definition) is 3. The van der Waals surface area contributed by atoms with E-state index in [-0.39, 0.29) is 5.75 Å². The van der Waals surface area contributed by atoms with Crippen molar-refractivity contribution in [1.82, 2.24) is 5.32 Å². The average Bonchev–Trinajstić information content (AvgIpc) is 2.44. The van der Waals surface area contributed by atoms with Crippen LogP contribution in [0.2, 0.25) is 0 Å². The molecule has 0 aliphatic carbocycles. The van der Waals surface area contributed by atoms with Gasteiger partial charge < -0.3 is 15.2 Å². The molecular weight excluding hydrogens is 278 g/mol. The van der Waals surface area contributed by atoms with E-state index in [1.807, 2.05) is 63.3 Å². The molecule has 0 unspecified atom stereocenters. The van der Waals surface area contributed by atoms with Crippen LogP contribution >= 0.6 is 0 Å². The fourth-order valence-corrected chi connectivity index (χ4v) is 2.09. The first-order valence-corrected chi connectivity index (χ1v) is 7.21. The van der Waals surface area contributed by atoms with Crippen molar-refractivity contribution in [1.29, 1.82) is 0 Å². The highest BCUT2D eigenvalue weighted by Crippen LogP contribution is 2.27. The summed E-state index contributed by atoms with van der Waals surface area (Å²) in [4.78, 5) is 11.5. The van der Waals surface area contributed by atoms with E-state index in [4.69, 9.17) is 4.74 Å². The highest BCUT2D eigenvalue weighted by atomic mass is 16.6. The minimum Gasteiger partial charge on any atom is -0.507 e. The van der Waals surface area contributed by atoms with Crippen molar-refractivity contribution in [3.63, 3.8) is 0 Å². The molecule has 0 radical (unpaired) electrons. The van der Waals surface area contributed by atoms with E-state index in [0.717, 1.165) is 16.3 Å². The highest BCUT2D eigenvalue weighted by molar-refractivity contribution is 5.94. The van der Waals surface area contributed by atoms with E-state index in [1.165, 1.54) is 0 Å². The smallest absolute Gasteiger partial charge is 0.407 e. The maximum atomic E-state index is 11.5. The number of carbonyl (C=O) groups is 1. The lowest BCUT2D eigenvalue weighted by atomic mass is 10.0. The predicted octanol–water partition coefficient (Wildman–Crippen LogP) is 4.08. The van der Waals surface area contributed by atoms with Crippen LogP contribution in [-0.4, -0.2) is 23.3 Å². The molecule has 0 aliphatic heterocycles. The summed E-state index contributed by atoms with van der Waals surface area (Å²) in [6, 6.07) is 11.2. The van der Waals surface area contributed by atoms with E-state index < -0.39 is 11.7 Å². The molecule has 116 valence electrons. The van der Waals surface area contributed by atoms with Crippen molar-refractivity contribution < 1.29 is 14.6 Å². The highest BCUT2D eigenvalue weighted by Gasteiger charge is 2.14.